The number of rotatable bonds is 5. The van der Waals surface area contributed by atoms with E-state index in [1.165, 1.54) is 11.2 Å². The van der Waals surface area contributed by atoms with Crippen molar-refractivity contribution in [2.24, 2.45) is 5.92 Å². The molecule has 0 bridgehead atoms. The third kappa shape index (κ3) is 4.09. The molecule has 8 nitrogen and oxygen atoms in total. The Bertz CT molecular complexity index is 752. The summed E-state index contributed by atoms with van der Waals surface area (Å²) in [5.74, 6) is 0.232. The fourth-order valence-electron chi connectivity index (χ4n) is 3.44. The minimum atomic E-state index is -3.67. The number of carbonyl (C=O) groups is 2. The Morgan fingerprint density at radius 3 is 2.58 bits per heavy atom. The highest BCUT2D eigenvalue weighted by atomic mass is 32.2. The standard InChI is InChI=1S/C17H25N3O5S/c1-12-4-3-5-14(10-12)25-13-6-8-20(9-7-13)26(23,24)11-17(2)15(21)18-16(22)19-17/h3,5,10,12-13H,4,6-9,11H2,1-2H3,(H2,18,19,21,22)/t12?,17-/m1/s1. The second-order valence-electron chi connectivity index (χ2n) is 7.40. The first-order valence-electron chi connectivity index (χ1n) is 8.84. The van der Waals surface area contributed by atoms with Crippen molar-refractivity contribution in [3.05, 3.63) is 24.0 Å². The van der Waals surface area contributed by atoms with Crippen LogP contribution in [-0.4, -0.2) is 55.1 Å². The number of imide groups is 1. The summed E-state index contributed by atoms with van der Waals surface area (Å²) in [6.45, 7) is 4.22. The van der Waals surface area contributed by atoms with Crippen LogP contribution < -0.4 is 10.6 Å². The van der Waals surface area contributed by atoms with Gasteiger partial charge in [-0.3, -0.25) is 10.1 Å². The number of ether oxygens (including phenoxy) is 1. The summed E-state index contributed by atoms with van der Waals surface area (Å²) in [5, 5.41) is 4.48. The van der Waals surface area contributed by atoms with E-state index in [-0.39, 0.29) is 6.10 Å². The smallest absolute Gasteiger partial charge is 0.322 e. The van der Waals surface area contributed by atoms with Gasteiger partial charge in [-0.2, -0.15) is 0 Å². The predicted octanol–water partition coefficient (Wildman–Crippen LogP) is 0.875. The van der Waals surface area contributed by atoms with Gasteiger partial charge in [-0.1, -0.05) is 13.0 Å². The first-order valence-corrected chi connectivity index (χ1v) is 10.5. The molecule has 0 aromatic heterocycles. The fraction of sp³-hybridized carbons (Fsp3) is 0.647. The highest BCUT2D eigenvalue weighted by molar-refractivity contribution is 7.89. The molecule has 3 rings (SSSR count). The number of nitrogens with zero attached hydrogens (tertiary/aromatic N) is 1. The van der Waals surface area contributed by atoms with Crippen LogP contribution in [0.1, 0.15) is 33.1 Å². The predicted molar refractivity (Wildman–Crippen MR) is 95.6 cm³/mol. The quantitative estimate of drug-likeness (QED) is 0.686. The largest absolute Gasteiger partial charge is 0.491 e. The zero-order chi connectivity index (χ0) is 18.9. The summed E-state index contributed by atoms with van der Waals surface area (Å²) in [6, 6.07) is -0.664. The average molecular weight is 383 g/mol. The number of allylic oxidation sites excluding steroid dienone is 3. The van der Waals surface area contributed by atoms with Crippen LogP contribution >= 0.6 is 0 Å². The molecular formula is C17H25N3O5S. The molecule has 2 fully saturated rings. The molecule has 0 aromatic carbocycles. The van der Waals surface area contributed by atoms with Gasteiger partial charge >= 0.3 is 6.03 Å². The van der Waals surface area contributed by atoms with E-state index in [2.05, 4.69) is 29.7 Å². The summed E-state index contributed by atoms with van der Waals surface area (Å²) in [4.78, 5) is 23.2. The van der Waals surface area contributed by atoms with Gasteiger partial charge in [-0.15, -0.1) is 0 Å². The highest BCUT2D eigenvalue weighted by Gasteiger charge is 2.46. The van der Waals surface area contributed by atoms with Gasteiger partial charge in [-0.05, 0) is 44.3 Å². The highest BCUT2D eigenvalue weighted by Crippen LogP contribution is 2.24. The maximum atomic E-state index is 12.7. The van der Waals surface area contributed by atoms with Gasteiger partial charge in [0.1, 0.15) is 17.4 Å². The second kappa shape index (κ2) is 7.03. The molecular weight excluding hydrogens is 358 g/mol. The molecule has 144 valence electrons. The summed E-state index contributed by atoms with van der Waals surface area (Å²) < 4.78 is 32.7. The van der Waals surface area contributed by atoms with Crippen molar-refractivity contribution in [3.8, 4) is 0 Å². The fourth-order valence-corrected chi connectivity index (χ4v) is 5.32. The van der Waals surface area contributed by atoms with E-state index in [0.717, 1.165) is 12.2 Å². The Hall–Kier alpha value is -1.87. The first kappa shape index (κ1) is 18.9. The van der Waals surface area contributed by atoms with Crippen LogP contribution in [0.4, 0.5) is 4.79 Å². The summed E-state index contributed by atoms with van der Waals surface area (Å²) >= 11 is 0. The van der Waals surface area contributed by atoms with Crippen molar-refractivity contribution >= 4 is 22.0 Å². The second-order valence-corrected chi connectivity index (χ2v) is 9.37. The Morgan fingerprint density at radius 2 is 2.00 bits per heavy atom. The number of urea groups is 1. The maximum absolute atomic E-state index is 12.7. The van der Waals surface area contributed by atoms with Crippen molar-refractivity contribution in [1.82, 2.24) is 14.9 Å². The molecule has 1 unspecified atom stereocenters. The Morgan fingerprint density at radius 1 is 1.31 bits per heavy atom. The van der Waals surface area contributed by atoms with Crippen molar-refractivity contribution in [2.75, 3.05) is 18.8 Å². The molecule has 0 radical (unpaired) electrons. The lowest BCUT2D eigenvalue weighted by Crippen LogP contribution is -2.53. The molecule has 2 N–H and O–H groups in total. The molecule has 9 heteroatoms. The number of hydrogen-bond donors (Lipinski definition) is 2. The Labute approximate surface area is 153 Å². The summed E-state index contributed by atoms with van der Waals surface area (Å²) in [6.07, 6.45) is 8.31. The van der Waals surface area contributed by atoms with Gasteiger partial charge in [0.25, 0.3) is 5.91 Å². The zero-order valence-corrected chi connectivity index (χ0v) is 15.8. The minimum Gasteiger partial charge on any atom is -0.491 e. The van der Waals surface area contributed by atoms with E-state index < -0.39 is 33.3 Å². The average Bonchev–Trinajstić information content (AvgIpc) is 2.79. The van der Waals surface area contributed by atoms with Gasteiger partial charge in [0.05, 0.1) is 5.75 Å². The lowest BCUT2D eigenvalue weighted by atomic mass is 10.0. The topological polar surface area (TPSA) is 105 Å². The SMILES string of the molecule is CC1C=C(OC2CCN(S(=O)(=O)C[C@@]3(C)NC(=O)NC3=O)CC2)C=CC1. The molecule has 3 amide bonds. The van der Waals surface area contributed by atoms with Crippen LogP contribution in [0.5, 0.6) is 0 Å². The lowest BCUT2D eigenvalue weighted by Gasteiger charge is -2.33. The van der Waals surface area contributed by atoms with Crippen LogP contribution in [0.2, 0.25) is 0 Å². The summed E-state index contributed by atoms with van der Waals surface area (Å²) in [5.41, 5.74) is -1.43. The molecule has 2 atom stereocenters. The molecule has 0 saturated carbocycles. The van der Waals surface area contributed by atoms with Gasteiger partial charge in [0.15, 0.2) is 0 Å². The monoisotopic (exact) mass is 383 g/mol. The van der Waals surface area contributed by atoms with E-state index in [9.17, 15) is 18.0 Å². The van der Waals surface area contributed by atoms with Gasteiger partial charge in [0, 0.05) is 13.1 Å². The van der Waals surface area contributed by atoms with Crippen molar-refractivity contribution in [1.29, 1.82) is 0 Å². The van der Waals surface area contributed by atoms with E-state index in [1.807, 2.05) is 6.08 Å². The molecule has 3 aliphatic rings. The van der Waals surface area contributed by atoms with Crippen LogP contribution in [0, 0.1) is 5.92 Å². The third-order valence-electron chi connectivity index (χ3n) is 4.92. The number of nitrogens with one attached hydrogen (secondary N) is 2. The van der Waals surface area contributed by atoms with E-state index in [4.69, 9.17) is 4.74 Å². The minimum absolute atomic E-state index is 0.0206. The van der Waals surface area contributed by atoms with Crippen LogP contribution in [-0.2, 0) is 19.6 Å². The van der Waals surface area contributed by atoms with Crippen molar-refractivity contribution < 1.29 is 22.7 Å². The number of amides is 3. The number of sulfonamides is 1. The zero-order valence-electron chi connectivity index (χ0n) is 15.0. The molecule has 2 saturated heterocycles. The van der Waals surface area contributed by atoms with Crippen LogP contribution in [0.3, 0.4) is 0 Å². The Kier molecular flexibility index (Phi) is 5.12. The van der Waals surface area contributed by atoms with E-state index in [1.54, 1.807) is 0 Å². The van der Waals surface area contributed by atoms with Crippen LogP contribution in [0.15, 0.2) is 24.0 Å². The van der Waals surface area contributed by atoms with Gasteiger partial charge in [-0.25, -0.2) is 17.5 Å². The first-order chi connectivity index (χ1) is 12.2. The number of carbonyl (C=O) groups excluding carboxylic acids is 2. The van der Waals surface area contributed by atoms with Gasteiger partial charge < -0.3 is 10.1 Å². The third-order valence-corrected chi connectivity index (χ3v) is 7.02. The molecule has 0 aromatic rings. The molecule has 26 heavy (non-hydrogen) atoms. The van der Waals surface area contributed by atoms with Gasteiger partial charge in [0.2, 0.25) is 10.0 Å². The molecule has 2 aliphatic heterocycles. The van der Waals surface area contributed by atoms with Crippen LogP contribution in [0.25, 0.3) is 0 Å². The molecule has 2 heterocycles. The lowest BCUT2D eigenvalue weighted by molar-refractivity contribution is -0.122. The van der Waals surface area contributed by atoms with E-state index >= 15 is 0 Å². The number of hydrogen-bond acceptors (Lipinski definition) is 5. The van der Waals surface area contributed by atoms with Crippen molar-refractivity contribution in [2.45, 2.75) is 44.8 Å². The van der Waals surface area contributed by atoms with E-state index in [0.29, 0.717) is 31.8 Å². The van der Waals surface area contributed by atoms with Crippen molar-refractivity contribution in [3.63, 3.8) is 0 Å². The summed E-state index contributed by atoms with van der Waals surface area (Å²) in [7, 11) is -3.67. The normalized spacial score (nSPS) is 30.7. The number of piperidine rings is 1. The maximum Gasteiger partial charge on any atom is 0.322 e. The molecule has 1 aliphatic carbocycles. The Balaban J connectivity index is 1.56. The molecule has 0 spiro atoms.